The molecule has 1 heterocycles. The highest BCUT2D eigenvalue weighted by Gasteiger charge is 2.38. The fourth-order valence-corrected chi connectivity index (χ4v) is 3.71. The molecule has 0 atom stereocenters. The lowest BCUT2D eigenvalue weighted by atomic mass is 10.1. The number of carbonyl (C=O) groups is 4. The number of likely N-dealkylation sites (N-methyl/N-ethyl adjacent to an activating group) is 1. The molecule has 0 saturated carbocycles. The quantitative estimate of drug-likeness (QED) is 0.392. The lowest BCUT2D eigenvalue weighted by molar-refractivity contribution is -0.133. The zero-order chi connectivity index (χ0) is 24.4. The first-order valence-corrected chi connectivity index (χ1v) is 10.6. The number of rotatable bonds is 6. The summed E-state index contributed by atoms with van der Waals surface area (Å²) in [6.07, 6.45) is 0. The van der Waals surface area contributed by atoms with Crippen LogP contribution in [0.2, 0.25) is 5.02 Å². The summed E-state index contributed by atoms with van der Waals surface area (Å²) in [6, 6.07) is 16.1. The number of benzene rings is 3. The molecule has 0 aromatic heterocycles. The summed E-state index contributed by atoms with van der Waals surface area (Å²) >= 11 is 6.14. The predicted molar refractivity (Wildman–Crippen MR) is 122 cm³/mol. The molecule has 0 fully saturated rings. The van der Waals surface area contributed by atoms with Gasteiger partial charge in [-0.1, -0.05) is 35.9 Å². The van der Waals surface area contributed by atoms with Crippen LogP contribution in [0.4, 0.5) is 10.1 Å². The normalized spacial score (nSPS) is 12.5. The second-order valence-corrected chi connectivity index (χ2v) is 8.02. The molecular weight excluding hydrogens is 463 g/mol. The van der Waals surface area contributed by atoms with Gasteiger partial charge in [-0.2, -0.15) is 0 Å². The lowest BCUT2D eigenvalue weighted by Gasteiger charge is -2.17. The smallest absolute Gasteiger partial charge is 0.338 e. The molecule has 1 aliphatic rings. The molecule has 0 spiro atoms. The summed E-state index contributed by atoms with van der Waals surface area (Å²) in [7, 11) is 1.53. The van der Waals surface area contributed by atoms with Crippen LogP contribution in [-0.2, 0) is 16.1 Å². The van der Waals surface area contributed by atoms with Crippen molar-refractivity contribution < 1.29 is 28.3 Å². The average molecular weight is 481 g/mol. The van der Waals surface area contributed by atoms with E-state index in [2.05, 4.69) is 0 Å². The number of halogens is 2. The van der Waals surface area contributed by atoms with E-state index in [4.69, 9.17) is 16.3 Å². The van der Waals surface area contributed by atoms with Gasteiger partial charge in [-0.3, -0.25) is 14.4 Å². The van der Waals surface area contributed by atoms with Gasteiger partial charge in [-0.15, -0.1) is 0 Å². The largest absolute Gasteiger partial charge is 0.452 e. The van der Waals surface area contributed by atoms with Gasteiger partial charge in [0.25, 0.3) is 17.7 Å². The van der Waals surface area contributed by atoms with Crippen molar-refractivity contribution in [2.75, 3.05) is 18.6 Å². The highest BCUT2D eigenvalue weighted by molar-refractivity contribution is 6.39. The highest BCUT2D eigenvalue weighted by Crippen LogP contribution is 2.33. The van der Waals surface area contributed by atoms with Gasteiger partial charge >= 0.3 is 5.97 Å². The van der Waals surface area contributed by atoms with E-state index in [9.17, 15) is 23.6 Å². The van der Waals surface area contributed by atoms with Crippen molar-refractivity contribution in [2.24, 2.45) is 0 Å². The number of nitrogens with zero attached hydrogens (tertiary/aromatic N) is 2. The molecule has 0 saturated heterocycles. The number of imide groups is 1. The Morgan fingerprint density at radius 2 is 1.65 bits per heavy atom. The van der Waals surface area contributed by atoms with Gasteiger partial charge in [0.05, 0.1) is 27.4 Å². The van der Waals surface area contributed by atoms with Crippen LogP contribution in [0.1, 0.15) is 36.6 Å². The fraction of sp³-hybridized carbons (Fsp3) is 0.120. The molecule has 1 aliphatic heterocycles. The maximum atomic E-state index is 13.0. The summed E-state index contributed by atoms with van der Waals surface area (Å²) in [5, 5.41) is 0.236. The maximum Gasteiger partial charge on any atom is 0.338 e. The van der Waals surface area contributed by atoms with E-state index in [-0.39, 0.29) is 39.8 Å². The second-order valence-electron chi connectivity index (χ2n) is 7.61. The molecule has 0 bridgehead atoms. The van der Waals surface area contributed by atoms with E-state index in [1.54, 1.807) is 36.4 Å². The molecule has 7 nitrogen and oxygen atoms in total. The van der Waals surface area contributed by atoms with Crippen molar-refractivity contribution in [3.63, 3.8) is 0 Å². The molecule has 34 heavy (non-hydrogen) atoms. The summed E-state index contributed by atoms with van der Waals surface area (Å²) in [6.45, 7) is -0.309. The van der Waals surface area contributed by atoms with Gasteiger partial charge in [-0.25, -0.2) is 14.1 Å². The summed E-state index contributed by atoms with van der Waals surface area (Å²) in [5.41, 5.74) is 1.16. The first-order chi connectivity index (χ1) is 16.3. The topological polar surface area (TPSA) is 84.0 Å². The molecular formula is C25H18ClFN2O5. The molecule has 0 unspecified atom stereocenters. The summed E-state index contributed by atoms with van der Waals surface area (Å²) in [5.74, 6) is -2.82. The molecule has 4 rings (SSSR count). The minimum absolute atomic E-state index is 0.0231. The number of hydrogen-bond acceptors (Lipinski definition) is 5. The average Bonchev–Trinajstić information content (AvgIpc) is 3.08. The molecule has 3 aromatic rings. The van der Waals surface area contributed by atoms with Crippen LogP contribution in [0, 0.1) is 5.82 Å². The van der Waals surface area contributed by atoms with Crippen molar-refractivity contribution in [1.82, 2.24) is 4.90 Å². The number of carbonyl (C=O) groups excluding carboxylic acids is 4. The SMILES string of the molecule is CN(Cc1ccc(F)cc1)C(=O)COC(=O)c1ccc2c(c1)C(=O)N(c1ccccc1Cl)C2=O. The monoisotopic (exact) mass is 480 g/mol. The van der Waals surface area contributed by atoms with Crippen LogP contribution >= 0.6 is 11.6 Å². The second kappa shape index (κ2) is 9.44. The Kier molecular flexibility index (Phi) is 6.43. The Hall–Kier alpha value is -4.04. The minimum atomic E-state index is -0.817. The zero-order valence-electron chi connectivity index (χ0n) is 18.0. The van der Waals surface area contributed by atoms with E-state index < -0.39 is 30.3 Å². The van der Waals surface area contributed by atoms with Gasteiger partial charge in [0, 0.05) is 13.6 Å². The molecule has 0 N–H and O–H groups in total. The van der Waals surface area contributed by atoms with Gasteiger partial charge < -0.3 is 9.64 Å². The Bertz CT molecular complexity index is 1310. The Labute approximate surface area is 199 Å². The van der Waals surface area contributed by atoms with Crippen molar-refractivity contribution in [1.29, 1.82) is 0 Å². The number of para-hydroxylation sites is 1. The predicted octanol–water partition coefficient (Wildman–Crippen LogP) is 4.10. The lowest BCUT2D eigenvalue weighted by Crippen LogP contribution is -2.30. The number of hydrogen-bond donors (Lipinski definition) is 0. The van der Waals surface area contributed by atoms with Crippen LogP contribution < -0.4 is 4.90 Å². The van der Waals surface area contributed by atoms with Crippen molar-refractivity contribution >= 4 is 41.0 Å². The van der Waals surface area contributed by atoms with Crippen molar-refractivity contribution in [3.8, 4) is 0 Å². The number of esters is 1. The third kappa shape index (κ3) is 4.53. The van der Waals surface area contributed by atoms with Crippen LogP contribution in [0.3, 0.4) is 0 Å². The van der Waals surface area contributed by atoms with E-state index in [0.29, 0.717) is 5.56 Å². The summed E-state index contributed by atoms with van der Waals surface area (Å²) < 4.78 is 18.1. The fourth-order valence-electron chi connectivity index (χ4n) is 3.49. The first-order valence-electron chi connectivity index (χ1n) is 10.2. The Morgan fingerprint density at radius 1 is 0.971 bits per heavy atom. The standard InChI is InChI=1S/C25H18ClFN2O5/c1-28(13-15-6-9-17(27)10-7-15)22(30)14-34-25(33)16-8-11-18-19(12-16)24(32)29(23(18)31)21-5-3-2-4-20(21)26/h2-12H,13-14H2,1H3. The highest BCUT2D eigenvalue weighted by atomic mass is 35.5. The third-order valence-electron chi connectivity index (χ3n) is 5.30. The third-order valence-corrected chi connectivity index (χ3v) is 5.62. The molecule has 0 aliphatic carbocycles. The van der Waals surface area contributed by atoms with Crippen LogP contribution in [-0.4, -0.2) is 42.2 Å². The number of anilines is 1. The van der Waals surface area contributed by atoms with Crippen molar-refractivity contribution in [3.05, 3.63) is 99.8 Å². The molecule has 9 heteroatoms. The van der Waals surface area contributed by atoms with Crippen molar-refractivity contribution in [2.45, 2.75) is 6.54 Å². The maximum absolute atomic E-state index is 13.0. The Morgan fingerprint density at radius 3 is 2.35 bits per heavy atom. The van der Waals surface area contributed by atoms with Crippen LogP contribution in [0.25, 0.3) is 0 Å². The van der Waals surface area contributed by atoms with E-state index in [0.717, 1.165) is 4.90 Å². The van der Waals surface area contributed by atoms with E-state index in [1.807, 2.05) is 0 Å². The molecule has 0 radical (unpaired) electrons. The first kappa shape index (κ1) is 23.1. The zero-order valence-corrected chi connectivity index (χ0v) is 18.7. The van der Waals surface area contributed by atoms with Gasteiger partial charge in [0.2, 0.25) is 0 Å². The number of ether oxygens (including phenoxy) is 1. The number of fused-ring (bicyclic) bond motifs is 1. The van der Waals surface area contributed by atoms with Crippen LogP contribution in [0.5, 0.6) is 0 Å². The Balaban J connectivity index is 1.42. The van der Waals surface area contributed by atoms with Crippen LogP contribution in [0.15, 0.2) is 66.7 Å². The number of amides is 3. The van der Waals surface area contributed by atoms with Gasteiger partial charge in [0.15, 0.2) is 6.61 Å². The molecule has 3 aromatic carbocycles. The summed E-state index contributed by atoms with van der Waals surface area (Å²) in [4.78, 5) is 52.8. The minimum Gasteiger partial charge on any atom is -0.452 e. The van der Waals surface area contributed by atoms with Gasteiger partial charge in [-0.05, 0) is 48.0 Å². The molecule has 3 amide bonds. The van der Waals surface area contributed by atoms with E-state index in [1.165, 1.54) is 42.3 Å². The van der Waals surface area contributed by atoms with Gasteiger partial charge in [0.1, 0.15) is 5.82 Å². The molecule has 172 valence electrons. The van der Waals surface area contributed by atoms with E-state index >= 15 is 0 Å².